The van der Waals surface area contributed by atoms with Gasteiger partial charge in [-0.3, -0.25) is 18.6 Å². The molecule has 0 rings (SSSR count). The lowest BCUT2D eigenvalue weighted by Gasteiger charge is -2.19. The summed E-state index contributed by atoms with van der Waals surface area (Å²) in [7, 11) is -4.38. The number of phosphoric acid groups is 1. The Morgan fingerprint density at radius 3 is 1.28 bits per heavy atom. The smallest absolute Gasteiger partial charge is 0.462 e. The Morgan fingerprint density at radius 2 is 0.859 bits per heavy atom. The van der Waals surface area contributed by atoms with Crippen LogP contribution >= 0.6 is 7.82 Å². The van der Waals surface area contributed by atoms with Crippen molar-refractivity contribution in [3.05, 3.63) is 97.2 Å². The average Bonchev–Trinajstić information content (AvgIpc) is 3.28. The zero-order chi connectivity index (χ0) is 46.7. The van der Waals surface area contributed by atoms with Crippen molar-refractivity contribution in [2.24, 2.45) is 5.73 Å². The number of carbonyl (C=O) groups is 2. The quantitative estimate of drug-likeness (QED) is 0.0265. The van der Waals surface area contributed by atoms with E-state index in [9.17, 15) is 19.0 Å². The fourth-order valence-corrected chi connectivity index (χ4v) is 7.30. The zero-order valence-electron chi connectivity index (χ0n) is 40.5. The molecule has 0 aromatic carbocycles. The monoisotopic (exact) mass is 914 g/mol. The van der Waals surface area contributed by atoms with Crippen LogP contribution in [0.4, 0.5) is 0 Å². The van der Waals surface area contributed by atoms with Crippen LogP contribution in [0.25, 0.3) is 0 Å². The lowest BCUT2D eigenvalue weighted by Crippen LogP contribution is -2.29. The van der Waals surface area contributed by atoms with Crippen molar-refractivity contribution in [1.29, 1.82) is 0 Å². The zero-order valence-corrected chi connectivity index (χ0v) is 41.4. The summed E-state index contributed by atoms with van der Waals surface area (Å²) in [6.45, 7) is 3.58. The summed E-state index contributed by atoms with van der Waals surface area (Å²) >= 11 is 0. The van der Waals surface area contributed by atoms with Crippen molar-refractivity contribution in [1.82, 2.24) is 0 Å². The number of rotatable bonds is 46. The van der Waals surface area contributed by atoms with E-state index in [1.54, 1.807) is 0 Å². The molecule has 366 valence electrons. The standard InChI is InChI=1S/C54H92NO8P/c1-3-5-7-9-11-13-15-16-17-18-19-20-21-22-23-24-25-26-27-28-29-30-31-32-33-34-35-36-37-39-41-43-45-47-54(57)63-52(51-62-64(58,59)61-49-48-55)50-60-53(56)46-44-42-40-38-14-12-10-8-6-4-2/h5,7,11,13,16-17,19-20,22-23,25-26,28-29,31-32,52H,3-4,6,8-10,12,14-15,18,21,24,27,30,33-51,55H2,1-2H3,(H,58,59)/b7-5-,13-11-,17-16-,20-19-,23-22-,26-25-,29-28-,32-31-. The summed E-state index contributed by atoms with van der Waals surface area (Å²) in [5.41, 5.74) is 5.35. The van der Waals surface area contributed by atoms with Gasteiger partial charge >= 0.3 is 19.8 Å². The first-order chi connectivity index (χ1) is 31.3. The van der Waals surface area contributed by atoms with E-state index < -0.39 is 26.5 Å². The fourth-order valence-electron chi connectivity index (χ4n) is 6.53. The molecule has 0 aliphatic rings. The fraction of sp³-hybridized carbons (Fsp3) is 0.667. The highest BCUT2D eigenvalue weighted by Gasteiger charge is 2.26. The third-order valence-electron chi connectivity index (χ3n) is 10.2. The number of phosphoric ester groups is 1. The van der Waals surface area contributed by atoms with E-state index in [4.69, 9.17) is 24.3 Å². The highest BCUT2D eigenvalue weighted by atomic mass is 31.2. The highest BCUT2D eigenvalue weighted by molar-refractivity contribution is 7.47. The Morgan fingerprint density at radius 1 is 0.484 bits per heavy atom. The van der Waals surface area contributed by atoms with Crippen LogP contribution in [0, 0.1) is 0 Å². The van der Waals surface area contributed by atoms with Gasteiger partial charge in [-0.2, -0.15) is 0 Å². The van der Waals surface area contributed by atoms with Crippen LogP contribution in [0.1, 0.15) is 200 Å². The molecule has 0 aliphatic heterocycles. The highest BCUT2D eigenvalue weighted by Crippen LogP contribution is 2.43. The van der Waals surface area contributed by atoms with Crippen LogP contribution in [0.5, 0.6) is 0 Å². The summed E-state index contributed by atoms with van der Waals surface area (Å²) in [4.78, 5) is 34.9. The number of esters is 2. The van der Waals surface area contributed by atoms with Gasteiger partial charge in [0.05, 0.1) is 13.2 Å². The van der Waals surface area contributed by atoms with Gasteiger partial charge in [0, 0.05) is 19.4 Å². The van der Waals surface area contributed by atoms with Crippen LogP contribution in [0.3, 0.4) is 0 Å². The minimum atomic E-state index is -4.38. The first kappa shape index (κ1) is 60.9. The second kappa shape index (κ2) is 49.4. The SMILES string of the molecule is CC/C=C\C/C=C\C/C=C\C/C=C\C/C=C\C/C=C\C/C=C\C/C=C\CCCCCCCCCCC(=O)OC(COC(=O)CCCCCCCCCCCC)COP(=O)(O)OCCN. The first-order valence-electron chi connectivity index (χ1n) is 25.2. The summed E-state index contributed by atoms with van der Waals surface area (Å²) in [5, 5.41) is 0. The van der Waals surface area contributed by atoms with Gasteiger partial charge in [-0.15, -0.1) is 0 Å². The van der Waals surface area contributed by atoms with Gasteiger partial charge in [-0.25, -0.2) is 4.57 Å². The van der Waals surface area contributed by atoms with Crippen LogP contribution in [-0.2, 0) is 32.7 Å². The van der Waals surface area contributed by atoms with Crippen LogP contribution in [0.15, 0.2) is 97.2 Å². The molecule has 9 nitrogen and oxygen atoms in total. The number of hydrogen-bond acceptors (Lipinski definition) is 8. The molecular formula is C54H92NO8P. The first-order valence-corrected chi connectivity index (χ1v) is 26.7. The molecule has 0 aromatic rings. The van der Waals surface area contributed by atoms with Crippen molar-refractivity contribution in [3.8, 4) is 0 Å². The molecule has 64 heavy (non-hydrogen) atoms. The molecule has 0 heterocycles. The third-order valence-corrected chi connectivity index (χ3v) is 11.2. The van der Waals surface area contributed by atoms with E-state index in [0.29, 0.717) is 6.42 Å². The normalized spacial score (nSPS) is 14.0. The molecule has 0 saturated heterocycles. The molecular weight excluding hydrogens is 822 g/mol. The Balaban J connectivity index is 4.01. The topological polar surface area (TPSA) is 134 Å². The molecule has 0 spiro atoms. The summed E-state index contributed by atoms with van der Waals surface area (Å²) in [5.74, 6) is -0.844. The number of allylic oxidation sites excluding steroid dienone is 16. The lowest BCUT2D eigenvalue weighted by atomic mass is 10.1. The molecule has 10 heteroatoms. The molecule has 0 bridgehead atoms. The van der Waals surface area contributed by atoms with E-state index in [-0.39, 0.29) is 38.6 Å². The van der Waals surface area contributed by atoms with Gasteiger partial charge in [0.1, 0.15) is 6.61 Å². The van der Waals surface area contributed by atoms with E-state index >= 15 is 0 Å². The lowest BCUT2D eigenvalue weighted by molar-refractivity contribution is -0.161. The van der Waals surface area contributed by atoms with Crippen molar-refractivity contribution in [2.45, 2.75) is 206 Å². The van der Waals surface area contributed by atoms with Gasteiger partial charge < -0.3 is 20.1 Å². The maximum Gasteiger partial charge on any atom is 0.472 e. The summed E-state index contributed by atoms with van der Waals surface area (Å²) in [6, 6.07) is 0. The number of carbonyl (C=O) groups excluding carboxylic acids is 2. The third kappa shape index (κ3) is 48.4. The predicted molar refractivity (Wildman–Crippen MR) is 270 cm³/mol. The minimum Gasteiger partial charge on any atom is -0.462 e. The Kier molecular flexibility index (Phi) is 47.0. The average molecular weight is 914 g/mol. The molecule has 0 aromatic heterocycles. The Bertz CT molecular complexity index is 1360. The maximum absolute atomic E-state index is 12.6. The van der Waals surface area contributed by atoms with Crippen molar-refractivity contribution >= 4 is 19.8 Å². The number of hydrogen-bond donors (Lipinski definition) is 2. The summed E-state index contributed by atoms with van der Waals surface area (Å²) in [6.07, 6.45) is 64.6. The van der Waals surface area contributed by atoms with E-state index in [0.717, 1.165) is 96.3 Å². The van der Waals surface area contributed by atoms with Crippen LogP contribution < -0.4 is 5.73 Å². The van der Waals surface area contributed by atoms with Crippen molar-refractivity contribution in [2.75, 3.05) is 26.4 Å². The molecule has 0 amide bonds. The molecule has 2 unspecified atom stereocenters. The van der Waals surface area contributed by atoms with Gasteiger partial charge in [-0.1, -0.05) is 207 Å². The molecule has 2 atom stereocenters. The van der Waals surface area contributed by atoms with Gasteiger partial charge in [0.25, 0.3) is 0 Å². The largest absolute Gasteiger partial charge is 0.472 e. The number of nitrogens with two attached hydrogens (primary N) is 1. The molecule has 3 N–H and O–H groups in total. The van der Waals surface area contributed by atoms with E-state index in [2.05, 4.69) is 111 Å². The number of ether oxygens (including phenoxy) is 2. The van der Waals surface area contributed by atoms with Crippen LogP contribution in [-0.4, -0.2) is 49.3 Å². The second-order valence-corrected chi connectivity index (χ2v) is 17.8. The molecule has 0 aliphatic carbocycles. The number of unbranched alkanes of at least 4 members (excludes halogenated alkanes) is 17. The Labute approximate surface area is 391 Å². The second-order valence-electron chi connectivity index (χ2n) is 16.3. The van der Waals surface area contributed by atoms with Crippen molar-refractivity contribution < 1.29 is 37.6 Å². The van der Waals surface area contributed by atoms with Gasteiger partial charge in [0.2, 0.25) is 0 Å². The van der Waals surface area contributed by atoms with Crippen molar-refractivity contribution in [3.63, 3.8) is 0 Å². The Hall–Kier alpha value is -3.07. The molecule has 0 radical (unpaired) electrons. The molecule has 0 saturated carbocycles. The minimum absolute atomic E-state index is 0.0484. The van der Waals surface area contributed by atoms with Crippen LogP contribution in [0.2, 0.25) is 0 Å². The maximum atomic E-state index is 12.6. The predicted octanol–water partition coefficient (Wildman–Crippen LogP) is 15.3. The molecule has 0 fully saturated rings. The summed E-state index contributed by atoms with van der Waals surface area (Å²) < 4.78 is 32.8. The van der Waals surface area contributed by atoms with E-state index in [1.807, 2.05) is 0 Å². The van der Waals surface area contributed by atoms with E-state index in [1.165, 1.54) is 70.6 Å². The van der Waals surface area contributed by atoms with Gasteiger partial charge in [0.15, 0.2) is 6.10 Å². The van der Waals surface area contributed by atoms with Gasteiger partial charge in [-0.05, 0) is 77.0 Å².